The third-order valence-corrected chi connectivity index (χ3v) is 2.50. The Balaban J connectivity index is 2.64. The van der Waals surface area contributed by atoms with Gasteiger partial charge in [-0.25, -0.2) is 4.68 Å². The van der Waals surface area contributed by atoms with Crippen LogP contribution in [0.5, 0.6) is 0 Å². The summed E-state index contributed by atoms with van der Waals surface area (Å²) in [6.07, 6.45) is 0.572. The third-order valence-electron chi connectivity index (χ3n) is 2.50. The Morgan fingerprint density at radius 3 is 2.59 bits per heavy atom. The molecule has 0 aliphatic rings. The van der Waals surface area contributed by atoms with Gasteiger partial charge in [0.15, 0.2) is 6.29 Å². The van der Waals surface area contributed by atoms with E-state index in [0.29, 0.717) is 18.5 Å². The van der Waals surface area contributed by atoms with Gasteiger partial charge in [-0.15, -0.1) is 0 Å². The maximum Gasteiger partial charge on any atom is 0.277 e. The van der Waals surface area contributed by atoms with Crippen molar-refractivity contribution in [1.82, 2.24) is 9.78 Å². The molecule has 0 bridgehead atoms. The van der Waals surface area contributed by atoms with Crippen LogP contribution in [-0.4, -0.2) is 16.1 Å². The van der Waals surface area contributed by atoms with Gasteiger partial charge in [-0.1, -0.05) is 30.3 Å². The maximum atomic E-state index is 11.7. The fourth-order valence-corrected chi connectivity index (χ4v) is 1.61. The molecule has 0 atom stereocenters. The molecular weight excluding hydrogens is 216 g/mol. The summed E-state index contributed by atoms with van der Waals surface area (Å²) in [6, 6.07) is 11.0. The molecule has 0 unspecified atom stereocenters. The second-order valence-corrected chi connectivity index (χ2v) is 3.59. The van der Waals surface area contributed by atoms with Crippen LogP contribution < -0.4 is 5.56 Å². The van der Waals surface area contributed by atoms with Crippen LogP contribution in [0.25, 0.3) is 11.3 Å². The predicted molar refractivity (Wildman–Crippen MR) is 65.0 cm³/mol. The smallest absolute Gasteiger partial charge is 0.277 e. The highest BCUT2D eigenvalue weighted by Crippen LogP contribution is 2.15. The van der Waals surface area contributed by atoms with Crippen molar-refractivity contribution in [3.05, 3.63) is 52.3 Å². The first-order valence-corrected chi connectivity index (χ1v) is 5.39. The van der Waals surface area contributed by atoms with E-state index in [9.17, 15) is 9.59 Å². The standard InChI is InChI=1S/C13H12N2O2/c1-2-15-13(17)11(9-16)8-12(14-15)10-6-4-3-5-7-10/h3-9H,2H2,1H3. The first kappa shape index (κ1) is 11.3. The second-order valence-electron chi connectivity index (χ2n) is 3.59. The fraction of sp³-hybridized carbons (Fsp3) is 0.154. The van der Waals surface area contributed by atoms with E-state index in [1.165, 1.54) is 10.7 Å². The Hall–Kier alpha value is -2.23. The highest BCUT2D eigenvalue weighted by molar-refractivity contribution is 5.76. The van der Waals surface area contributed by atoms with Crippen LogP contribution in [-0.2, 0) is 6.54 Å². The topological polar surface area (TPSA) is 52.0 Å². The van der Waals surface area contributed by atoms with E-state index >= 15 is 0 Å². The molecular formula is C13H12N2O2. The van der Waals surface area contributed by atoms with Gasteiger partial charge in [0, 0.05) is 12.1 Å². The molecule has 1 aromatic carbocycles. The zero-order chi connectivity index (χ0) is 12.3. The number of aldehydes is 1. The number of aryl methyl sites for hydroxylation is 1. The van der Waals surface area contributed by atoms with Gasteiger partial charge in [-0.2, -0.15) is 5.10 Å². The van der Waals surface area contributed by atoms with Gasteiger partial charge in [0.2, 0.25) is 0 Å². The van der Waals surface area contributed by atoms with Crippen LogP contribution in [0.15, 0.2) is 41.2 Å². The van der Waals surface area contributed by atoms with Gasteiger partial charge in [-0.05, 0) is 13.0 Å². The summed E-state index contributed by atoms with van der Waals surface area (Å²) in [5, 5.41) is 4.21. The van der Waals surface area contributed by atoms with Gasteiger partial charge in [-0.3, -0.25) is 9.59 Å². The zero-order valence-corrected chi connectivity index (χ0v) is 9.46. The van der Waals surface area contributed by atoms with Crippen molar-refractivity contribution in [2.75, 3.05) is 0 Å². The Kier molecular flexibility index (Phi) is 3.14. The number of carbonyl (C=O) groups excluding carboxylic acids is 1. The van der Waals surface area contributed by atoms with Crippen LogP contribution in [0.3, 0.4) is 0 Å². The molecule has 0 radical (unpaired) electrons. The Morgan fingerprint density at radius 1 is 1.29 bits per heavy atom. The molecule has 0 fully saturated rings. The Labute approximate surface area is 98.5 Å². The minimum Gasteiger partial charge on any atom is -0.298 e. The van der Waals surface area contributed by atoms with E-state index in [2.05, 4.69) is 5.10 Å². The van der Waals surface area contributed by atoms with E-state index in [1.54, 1.807) is 0 Å². The molecule has 86 valence electrons. The van der Waals surface area contributed by atoms with Crippen LogP contribution in [0.2, 0.25) is 0 Å². The van der Waals surface area contributed by atoms with Crippen molar-refractivity contribution >= 4 is 6.29 Å². The summed E-state index contributed by atoms with van der Waals surface area (Å²) >= 11 is 0. The molecule has 0 aliphatic carbocycles. The molecule has 17 heavy (non-hydrogen) atoms. The molecule has 1 aromatic heterocycles. The average Bonchev–Trinajstić information content (AvgIpc) is 2.40. The van der Waals surface area contributed by atoms with E-state index in [-0.39, 0.29) is 11.1 Å². The highest BCUT2D eigenvalue weighted by Gasteiger charge is 2.07. The summed E-state index contributed by atoms with van der Waals surface area (Å²) in [4.78, 5) is 22.5. The zero-order valence-electron chi connectivity index (χ0n) is 9.46. The lowest BCUT2D eigenvalue weighted by Gasteiger charge is -2.06. The Bertz CT molecular complexity index is 588. The number of nitrogens with zero attached hydrogens (tertiary/aromatic N) is 2. The van der Waals surface area contributed by atoms with Crippen LogP contribution in [0.1, 0.15) is 17.3 Å². The second kappa shape index (κ2) is 4.74. The molecule has 1 heterocycles. The molecule has 2 aromatic rings. The van der Waals surface area contributed by atoms with Gasteiger partial charge in [0.05, 0.1) is 11.3 Å². The molecule has 4 nitrogen and oxygen atoms in total. The van der Waals surface area contributed by atoms with Crippen LogP contribution >= 0.6 is 0 Å². The summed E-state index contributed by atoms with van der Waals surface area (Å²) in [7, 11) is 0. The monoisotopic (exact) mass is 228 g/mol. The van der Waals surface area contributed by atoms with E-state index in [0.717, 1.165) is 5.56 Å². The van der Waals surface area contributed by atoms with E-state index < -0.39 is 0 Å². The summed E-state index contributed by atoms with van der Waals surface area (Å²) in [5.74, 6) is 0. The van der Waals surface area contributed by atoms with Crippen molar-refractivity contribution in [3.8, 4) is 11.3 Å². The molecule has 0 amide bonds. The molecule has 4 heteroatoms. The molecule has 0 spiro atoms. The number of aromatic nitrogens is 2. The first-order valence-electron chi connectivity index (χ1n) is 5.39. The maximum absolute atomic E-state index is 11.7. The van der Waals surface area contributed by atoms with Gasteiger partial charge in [0.1, 0.15) is 0 Å². The fourth-order valence-electron chi connectivity index (χ4n) is 1.61. The summed E-state index contributed by atoms with van der Waals surface area (Å²) < 4.78 is 1.30. The Morgan fingerprint density at radius 2 is 2.00 bits per heavy atom. The lowest BCUT2D eigenvalue weighted by Crippen LogP contribution is -2.25. The van der Waals surface area contributed by atoms with Crippen LogP contribution in [0.4, 0.5) is 0 Å². The molecule has 0 saturated heterocycles. The number of carbonyl (C=O) groups is 1. The van der Waals surface area contributed by atoms with Crippen molar-refractivity contribution < 1.29 is 4.79 Å². The van der Waals surface area contributed by atoms with Gasteiger partial charge >= 0.3 is 0 Å². The van der Waals surface area contributed by atoms with Crippen molar-refractivity contribution in [1.29, 1.82) is 0 Å². The van der Waals surface area contributed by atoms with Gasteiger partial charge in [0.25, 0.3) is 5.56 Å². The lowest BCUT2D eigenvalue weighted by molar-refractivity contribution is 0.112. The van der Waals surface area contributed by atoms with E-state index in [4.69, 9.17) is 0 Å². The largest absolute Gasteiger partial charge is 0.298 e. The third kappa shape index (κ3) is 2.15. The number of rotatable bonds is 3. The van der Waals surface area contributed by atoms with Crippen molar-refractivity contribution in [2.45, 2.75) is 13.5 Å². The van der Waals surface area contributed by atoms with Gasteiger partial charge < -0.3 is 0 Å². The number of hydrogen-bond acceptors (Lipinski definition) is 3. The quantitative estimate of drug-likeness (QED) is 0.752. The first-order chi connectivity index (χ1) is 8.26. The van der Waals surface area contributed by atoms with Crippen molar-refractivity contribution in [3.63, 3.8) is 0 Å². The molecule has 0 saturated carbocycles. The molecule has 0 aliphatic heterocycles. The minimum absolute atomic E-state index is 0.140. The molecule has 0 N–H and O–H groups in total. The normalized spacial score (nSPS) is 10.2. The van der Waals surface area contributed by atoms with Crippen LogP contribution in [0, 0.1) is 0 Å². The van der Waals surface area contributed by atoms with Crippen molar-refractivity contribution in [2.24, 2.45) is 0 Å². The SMILES string of the molecule is CCn1nc(-c2ccccc2)cc(C=O)c1=O. The summed E-state index contributed by atoms with van der Waals surface area (Å²) in [6.45, 7) is 2.26. The summed E-state index contributed by atoms with van der Waals surface area (Å²) in [5.41, 5.74) is 1.31. The highest BCUT2D eigenvalue weighted by atomic mass is 16.1. The molecule has 2 rings (SSSR count). The van der Waals surface area contributed by atoms with E-state index in [1.807, 2.05) is 37.3 Å². The number of hydrogen-bond donors (Lipinski definition) is 0. The number of benzene rings is 1. The predicted octanol–water partition coefficient (Wildman–Crippen LogP) is 1.74. The lowest BCUT2D eigenvalue weighted by atomic mass is 10.1. The minimum atomic E-state index is -0.345. The average molecular weight is 228 g/mol.